The third-order valence-corrected chi connectivity index (χ3v) is 3.51. The van der Waals surface area contributed by atoms with Gasteiger partial charge in [-0.05, 0) is 45.0 Å². The van der Waals surface area contributed by atoms with E-state index >= 15 is 0 Å². The van der Waals surface area contributed by atoms with E-state index in [2.05, 4.69) is 17.1 Å². The van der Waals surface area contributed by atoms with Crippen molar-refractivity contribution < 1.29 is 9.53 Å². The van der Waals surface area contributed by atoms with Crippen LogP contribution in [0, 0.1) is 0 Å². The largest absolute Gasteiger partial charge is 0.412 e. The van der Waals surface area contributed by atoms with Crippen molar-refractivity contribution in [2.75, 3.05) is 19.6 Å². The summed E-state index contributed by atoms with van der Waals surface area (Å²) < 4.78 is 5.18. The van der Waals surface area contributed by atoms with Crippen LogP contribution < -0.4 is 10.1 Å². The van der Waals surface area contributed by atoms with Gasteiger partial charge >= 0.3 is 6.09 Å². The molecule has 0 spiro atoms. The zero-order chi connectivity index (χ0) is 13.5. The van der Waals surface area contributed by atoms with Crippen molar-refractivity contribution in [1.29, 1.82) is 0 Å². The van der Waals surface area contributed by atoms with Crippen molar-refractivity contribution >= 4 is 6.09 Å². The van der Waals surface area contributed by atoms with Gasteiger partial charge in [0.05, 0.1) is 0 Å². The number of ether oxygens (including phenoxy) is 1. The molecule has 1 saturated heterocycles. The van der Waals surface area contributed by atoms with Crippen LogP contribution in [0.15, 0.2) is 30.3 Å². The van der Waals surface area contributed by atoms with Crippen molar-refractivity contribution in [3.05, 3.63) is 30.3 Å². The van der Waals surface area contributed by atoms with E-state index in [9.17, 15) is 4.79 Å². The molecule has 0 bridgehead atoms. The van der Waals surface area contributed by atoms with Gasteiger partial charge in [-0.1, -0.05) is 24.6 Å². The van der Waals surface area contributed by atoms with Gasteiger partial charge in [-0.2, -0.15) is 0 Å². The fraction of sp³-hybridized carbons (Fsp3) is 0.533. The molecule has 1 aliphatic heterocycles. The maximum absolute atomic E-state index is 11.6. The molecular weight excluding hydrogens is 240 g/mol. The van der Waals surface area contributed by atoms with Crippen LogP contribution in [-0.2, 0) is 0 Å². The molecule has 1 aliphatic rings. The van der Waals surface area contributed by atoms with E-state index in [-0.39, 0.29) is 6.09 Å². The van der Waals surface area contributed by atoms with Crippen molar-refractivity contribution in [2.24, 2.45) is 0 Å². The average Bonchev–Trinajstić information content (AvgIpc) is 2.47. The Labute approximate surface area is 114 Å². The average molecular weight is 262 g/mol. The number of rotatable bonds is 4. The zero-order valence-corrected chi connectivity index (χ0v) is 11.5. The first kappa shape index (κ1) is 13.9. The van der Waals surface area contributed by atoms with E-state index in [4.69, 9.17) is 4.74 Å². The van der Waals surface area contributed by atoms with Gasteiger partial charge in [0.1, 0.15) is 5.75 Å². The molecule has 104 valence electrons. The predicted octanol–water partition coefficient (Wildman–Crippen LogP) is 2.65. The van der Waals surface area contributed by atoms with Crippen LogP contribution in [0.25, 0.3) is 0 Å². The molecule has 2 rings (SSSR count). The summed E-state index contributed by atoms with van der Waals surface area (Å²) in [7, 11) is 0. The first-order valence-electron chi connectivity index (χ1n) is 7.00. The molecule has 4 nitrogen and oxygen atoms in total. The molecule has 0 radical (unpaired) electrons. The van der Waals surface area contributed by atoms with Crippen LogP contribution in [-0.4, -0.2) is 36.7 Å². The molecule has 0 saturated carbocycles. The first-order chi connectivity index (χ1) is 9.25. The second-order valence-corrected chi connectivity index (χ2v) is 5.03. The molecule has 1 unspecified atom stereocenters. The number of nitrogens with zero attached hydrogens (tertiary/aromatic N) is 1. The lowest BCUT2D eigenvalue weighted by molar-refractivity contribution is 0.163. The number of carbonyl (C=O) groups excluding carboxylic acids is 1. The zero-order valence-electron chi connectivity index (χ0n) is 11.5. The lowest BCUT2D eigenvalue weighted by Gasteiger charge is -2.32. The highest BCUT2D eigenvalue weighted by molar-refractivity contribution is 5.70. The van der Waals surface area contributed by atoms with Gasteiger partial charge in [0, 0.05) is 12.6 Å². The van der Waals surface area contributed by atoms with E-state index in [0.717, 1.165) is 13.1 Å². The molecule has 1 N–H and O–H groups in total. The highest BCUT2D eigenvalue weighted by Crippen LogP contribution is 2.12. The summed E-state index contributed by atoms with van der Waals surface area (Å²) >= 11 is 0. The summed E-state index contributed by atoms with van der Waals surface area (Å²) in [6.45, 7) is 5.05. The van der Waals surface area contributed by atoms with Gasteiger partial charge in [0.2, 0.25) is 0 Å². The number of likely N-dealkylation sites (tertiary alicyclic amines) is 1. The molecule has 1 amide bonds. The monoisotopic (exact) mass is 262 g/mol. The van der Waals surface area contributed by atoms with E-state index in [1.54, 1.807) is 12.1 Å². The molecule has 1 atom stereocenters. The van der Waals surface area contributed by atoms with E-state index < -0.39 is 0 Å². The lowest BCUT2D eigenvalue weighted by atomic mass is 10.1. The summed E-state index contributed by atoms with van der Waals surface area (Å²) in [5, 5.41) is 2.83. The number of hydrogen-bond acceptors (Lipinski definition) is 3. The Morgan fingerprint density at radius 2 is 1.95 bits per heavy atom. The molecule has 4 heteroatoms. The second kappa shape index (κ2) is 7.14. The predicted molar refractivity (Wildman–Crippen MR) is 75.4 cm³/mol. The highest BCUT2D eigenvalue weighted by Gasteiger charge is 2.17. The second-order valence-electron chi connectivity index (χ2n) is 5.03. The van der Waals surface area contributed by atoms with Gasteiger partial charge in [0.25, 0.3) is 0 Å². The highest BCUT2D eigenvalue weighted by atomic mass is 16.6. The Morgan fingerprint density at radius 1 is 1.26 bits per heavy atom. The summed E-state index contributed by atoms with van der Waals surface area (Å²) in [6.07, 6.45) is 3.47. The number of nitrogens with one attached hydrogen (secondary N) is 1. The molecule has 19 heavy (non-hydrogen) atoms. The van der Waals surface area contributed by atoms with E-state index in [1.165, 1.54) is 19.3 Å². The fourth-order valence-electron chi connectivity index (χ4n) is 2.35. The Hall–Kier alpha value is -1.55. The number of para-hydroxylation sites is 1. The summed E-state index contributed by atoms with van der Waals surface area (Å²) in [4.78, 5) is 14.1. The molecular formula is C15H22N2O2. The van der Waals surface area contributed by atoms with Crippen molar-refractivity contribution in [2.45, 2.75) is 32.2 Å². The van der Waals surface area contributed by atoms with Crippen molar-refractivity contribution in [3.8, 4) is 5.75 Å². The minimum absolute atomic E-state index is 0.364. The van der Waals surface area contributed by atoms with Crippen LogP contribution in [0.3, 0.4) is 0 Å². The summed E-state index contributed by atoms with van der Waals surface area (Å²) in [5.74, 6) is 0.575. The molecule has 1 heterocycles. The number of piperidine rings is 1. The number of amides is 1. The van der Waals surface area contributed by atoms with Crippen molar-refractivity contribution in [3.63, 3.8) is 0 Å². The van der Waals surface area contributed by atoms with Gasteiger partial charge in [-0.15, -0.1) is 0 Å². The SMILES string of the molecule is CC(CNC(=O)Oc1ccccc1)N1CCCCC1. The maximum Gasteiger partial charge on any atom is 0.412 e. The van der Waals surface area contributed by atoms with Gasteiger partial charge < -0.3 is 10.1 Å². The quantitative estimate of drug-likeness (QED) is 0.907. The van der Waals surface area contributed by atoms with Gasteiger partial charge in [-0.3, -0.25) is 4.90 Å². The molecule has 0 aliphatic carbocycles. The third-order valence-electron chi connectivity index (χ3n) is 3.51. The lowest BCUT2D eigenvalue weighted by Crippen LogP contribution is -2.45. The third kappa shape index (κ3) is 4.56. The smallest absolute Gasteiger partial charge is 0.410 e. The Bertz CT molecular complexity index is 388. The van der Waals surface area contributed by atoms with E-state index in [0.29, 0.717) is 18.3 Å². The van der Waals surface area contributed by atoms with Crippen LogP contribution in [0.1, 0.15) is 26.2 Å². The Kier molecular flexibility index (Phi) is 5.21. The maximum atomic E-state index is 11.6. The Balaban J connectivity index is 1.71. The Morgan fingerprint density at radius 3 is 2.63 bits per heavy atom. The normalized spacial score (nSPS) is 17.7. The summed E-state index contributed by atoms with van der Waals surface area (Å²) in [6, 6.07) is 9.49. The van der Waals surface area contributed by atoms with E-state index in [1.807, 2.05) is 18.2 Å². The summed E-state index contributed by atoms with van der Waals surface area (Å²) in [5.41, 5.74) is 0. The van der Waals surface area contributed by atoms with Crippen LogP contribution in [0.2, 0.25) is 0 Å². The standard InChI is InChI=1S/C15H22N2O2/c1-13(17-10-6-3-7-11-17)12-16-15(18)19-14-8-4-2-5-9-14/h2,4-5,8-9,13H,3,6-7,10-12H2,1H3,(H,16,18). The number of carbonyl (C=O) groups is 1. The van der Waals surface area contributed by atoms with Gasteiger partial charge in [0.15, 0.2) is 0 Å². The van der Waals surface area contributed by atoms with Crippen molar-refractivity contribution in [1.82, 2.24) is 10.2 Å². The van der Waals surface area contributed by atoms with Crippen LogP contribution in [0.5, 0.6) is 5.75 Å². The van der Waals surface area contributed by atoms with Crippen LogP contribution >= 0.6 is 0 Å². The molecule has 0 aromatic heterocycles. The molecule has 1 aromatic rings. The first-order valence-corrected chi connectivity index (χ1v) is 7.00. The minimum atomic E-state index is -0.380. The molecule has 1 fully saturated rings. The minimum Gasteiger partial charge on any atom is -0.410 e. The van der Waals surface area contributed by atoms with Crippen LogP contribution in [0.4, 0.5) is 4.79 Å². The molecule has 1 aromatic carbocycles. The topological polar surface area (TPSA) is 41.6 Å². The number of hydrogen-bond donors (Lipinski definition) is 1. The number of benzene rings is 1. The van der Waals surface area contributed by atoms with Gasteiger partial charge in [-0.25, -0.2) is 4.79 Å². The fourth-order valence-corrected chi connectivity index (χ4v) is 2.35.